The third kappa shape index (κ3) is 3.74. The summed E-state index contributed by atoms with van der Waals surface area (Å²) in [5.74, 6) is 0.368. The van der Waals surface area contributed by atoms with E-state index in [0.29, 0.717) is 5.82 Å². The highest BCUT2D eigenvalue weighted by Gasteiger charge is 2.01. The molecule has 0 aliphatic rings. The van der Waals surface area contributed by atoms with Gasteiger partial charge in [-0.15, -0.1) is 0 Å². The van der Waals surface area contributed by atoms with Crippen molar-refractivity contribution in [3.05, 3.63) is 23.9 Å². The molecule has 5 heteroatoms. The molecule has 0 saturated heterocycles. The molecule has 0 saturated carbocycles. The Bertz CT molecular complexity index is 384. The molecule has 1 heterocycles. The van der Waals surface area contributed by atoms with Gasteiger partial charge in [-0.3, -0.25) is 4.72 Å². The van der Waals surface area contributed by atoms with Crippen LogP contribution in [0, 0.1) is 0 Å². The van der Waals surface area contributed by atoms with E-state index < -0.39 is 10.0 Å². The SMILES string of the molecule is CCCc1ccc(NS(C)(=O)=O)nc1. The van der Waals surface area contributed by atoms with Crippen molar-refractivity contribution < 1.29 is 8.42 Å². The fraction of sp³-hybridized carbons (Fsp3) is 0.444. The fourth-order valence-electron chi connectivity index (χ4n) is 1.11. The van der Waals surface area contributed by atoms with Crippen LogP contribution in [-0.4, -0.2) is 19.7 Å². The van der Waals surface area contributed by atoms with E-state index in [1.54, 1.807) is 12.3 Å². The number of aromatic nitrogens is 1. The molecule has 0 aliphatic heterocycles. The van der Waals surface area contributed by atoms with Crippen molar-refractivity contribution in [2.24, 2.45) is 0 Å². The Balaban J connectivity index is 2.74. The standard InChI is InChI=1S/C9H14N2O2S/c1-3-4-8-5-6-9(10-7-8)11-14(2,12)13/h5-7H,3-4H2,1-2H3,(H,10,11). The predicted octanol–water partition coefficient (Wildman–Crippen LogP) is 1.41. The van der Waals surface area contributed by atoms with Crippen LogP contribution >= 0.6 is 0 Å². The zero-order chi connectivity index (χ0) is 10.6. The Morgan fingerprint density at radius 2 is 2.14 bits per heavy atom. The second-order valence-electron chi connectivity index (χ2n) is 3.18. The van der Waals surface area contributed by atoms with Gasteiger partial charge in [0.15, 0.2) is 0 Å². The summed E-state index contributed by atoms with van der Waals surface area (Å²) in [5, 5.41) is 0. The first-order valence-corrected chi connectivity index (χ1v) is 6.33. The first-order valence-electron chi connectivity index (χ1n) is 4.44. The summed E-state index contributed by atoms with van der Waals surface area (Å²) in [5.41, 5.74) is 1.12. The molecular formula is C9H14N2O2S. The van der Waals surface area contributed by atoms with Gasteiger partial charge in [-0.2, -0.15) is 0 Å². The van der Waals surface area contributed by atoms with Gasteiger partial charge in [0, 0.05) is 6.20 Å². The number of pyridine rings is 1. The molecular weight excluding hydrogens is 200 g/mol. The average molecular weight is 214 g/mol. The second kappa shape index (κ2) is 4.41. The van der Waals surface area contributed by atoms with Crippen molar-refractivity contribution in [1.29, 1.82) is 0 Å². The van der Waals surface area contributed by atoms with Crippen molar-refractivity contribution >= 4 is 15.8 Å². The molecule has 0 bridgehead atoms. The van der Waals surface area contributed by atoms with E-state index in [-0.39, 0.29) is 0 Å². The van der Waals surface area contributed by atoms with Gasteiger partial charge in [-0.05, 0) is 18.1 Å². The number of sulfonamides is 1. The normalized spacial score (nSPS) is 11.3. The molecule has 0 amide bonds. The van der Waals surface area contributed by atoms with Crippen LogP contribution < -0.4 is 4.72 Å². The number of hydrogen-bond acceptors (Lipinski definition) is 3. The maximum Gasteiger partial charge on any atom is 0.230 e. The minimum absolute atomic E-state index is 0.368. The van der Waals surface area contributed by atoms with Gasteiger partial charge in [-0.25, -0.2) is 13.4 Å². The zero-order valence-corrected chi connectivity index (χ0v) is 9.13. The molecule has 0 unspecified atom stereocenters. The molecule has 1 aromatic heterocycles. The van der Waals surface area contributed by atoms with Crippen molar-refractivity contribution in [3.63, 3.8) is 0 Å². The summed E-state index contributed by atoms with van der Waals surface area (Å²) in [6, 6.07) is 3.55. The Hall–Kier alpha value is -1.10. The van der Waals surface area contributed by atoms with E-state index in [9.17, 15) is 8.42 Å². The maximum absolute atomic E-state index is 10.9. The smallest absolute Gasteiger partial charge is 0.230 e. The largest absolute Gasteiger partial charge is 0.268 e. The molecule has 0 spiro atoms. The van der Waals surface area contributed by atoms with Gasteiger partial charge in [0.2, 0.25) is 10.0 Å². The van der Waals surface area contributed by atoms with Crippen LogP contribution in [0.5, 0.6) is 0 Å². The Kier molecular flexibility index (Phi) is 3.46. The molecule has 0 atom stereocenters. The lowest BCUT2D eigenvalue weighted by Gasteiger charge is -2.03. The van der Waals surface area contributed by atoms with E-state index in [1.807, 2.05) is 6.07 Å². The van der Waals surface area contributed by atoms with Crippen LogP contribution in [0.4, 0.5) is 5.82 Å². The summed E-state index contributed by atoms with van der Waals surface area (Å²) >= 11 is 0. The summed E-state index contributed by atoms with van der Waals surface area (Å²) < 4.78 is 24.0. The second-order valence-corrected chi connectivity index (χ2v) is 4.92. The quantitative estimate of drug-likeness (QED) is 0.824. The molecule has 0 fully saturated rings. The van der Waals surface area contributed by atoms with Crippen molar-refractivity contribution in [3.8, 4) is 0 Å². The number of hydrogen-bond donors (Lipinski definition) is 1. The Morgan fingerprint density at radius 3 is 2.57 bits per heavy atom. The van der Waals surface area contributed by atoms with Gasteiger partial charge in [0.25, 0.3) is 0 Å². The van der Waals surface area contributed by atoms with Crippen LogP contribution in [0.25, 0.3) is 0 Å². The molecule has 0 aromatic carbocycles. The average Bonchev–Trinajstić information content (AvgIpc) is 2.06. The van der Waals surface area contributed by atoms with Gasteiger partial charge in [-0.1, -0.05) is 19.4 Å². The molecule has 78 valence electrons. The van der Waals surface area contributed by atoms with Crippen LogP contribution in [0.1, 0.15) is 18.9 Å². The fourth-order valence-corrected chi connectivity index (χ4v) is 1.61. The van der Waals surface area contributed by atoms with Crippen LogP contribution in [-0.2, 0) is 16.4 Å². The van der Waals surface area contributed by atoms with Gasteiger partial charge in [0.05, 0.1) is 6.26 Å². The molecule has 14 heavy (non-hydrogen) atoms. The zero-order valence-electron chi connectivity index (χ0n) is 8.32. The highest BCUT2D eigenvalue weighted by atomic mass is 32.2. The third-order valence-corrected chi connectivity index (χ3v) is 2.23. The molecule has 0 aliphatic carbocycles. The lowest BCUT2D eigenvalue weighted by atomic mass is 10.2. The highest BCUT2D eigenvalue weighted by molar-refractivity contribution is 7.92. The summed E-state index contributed by atoms with van der Waals surface area (Å²) in [7, 11) is -3.21. The summed E-state index contributed by atoms with van der Waals surface area (Å²) in [6.07, 6.45) is 4.82. The molecule has 1 aromatic rings. The number of anilines is 1. The van der Waals surface area contributed by atoms with Gasteiger partial charge >= 0.3 is 0 Å². The minimum atomic E-state index is -3.21. The van der Waals surface area contributed by atoms with E-state index >= 15 is 0 Å². The maximum atomic E-state index is 10.9. The Morgan fingerprint density at radius 1 is 1.43 bits per heavy atom. The minimum Gasteiger partial charge on any atom is -0.268 e. The Labute approximate surface area is 84.4 Å². The predicted molar refractivity (Wildman–Crippen MR) is 56.7 cm³/mol. The first kappa shape index (κ1) is 11.0. The number of rotatable bonds is 4. The molecule has 1 N–H and O–H groups in total. The van der Waals surface area contributed by atoms with Crippen LogP contribution in [0.15, 0.2) is 18.3 Å². The monoisotopic (exact) mass is 214 g/mol. The van der Waals surface area contributed by atoms with E-state index in [4.69, 9.17) is 0 Å². The number of nitrogens with one attached hydrogen (secondary N) is 1. The van der Waals surface area contributed by atoms with Crippen LogP contribution in [0.2, 0.25) is 0 Å². The molecule has 4 nitrogen and oxygen atoms in total. The van der Waals surface area contributed by atoms with Crippen molar-refractivity contribution in [2.45, 2.75) is 19.8 Å². The van der Waals surface area contributed by atoms with Gasteiger partial charge < -0.3 is 0 Å². The summed E-state index contributed by atoms with van der Waals surface area (Å²) in [6.45, 7) is 2.09. The molecule has 1 rings (SSSR count). The summed E-state index contributed by atoms with van der Waals surface area (Å²) in [4.78, 5) is 3.99. The van der Waals surface area contributed by atoms with Crippen molar-refractivity contribution in [2.75, 3.05) is 11.0 Å². The highest BCUT2D eigenvalue weighted by Crippen LogP contribution is 2.07. The molecule has 0 radical (unpaired) electrons. The van der Waals surface area contributed by atoms with E-state index in [0.717, 1.165) is 24.7 Å². The lowest BCUT2D eigenvalue weighted by molar-refractivity contribution is 0.606. The first-order chi connectivity index (χ1) is 6.51. The van der Waals surface area contributed by atoms with Crippen LogP contribution in [0.3, 0.4) is 0 Å². The number of aryl methyl sites for hydroxylation is 1. The lowest BCUT2D eigenvalue weighted by Crippen LogP contribution is -2.10. The third-order valence-electron chi connectivity index (χ3n) is 1.65. The number of nitrogens with zero attached hydrogens (tertiary/aromatic N) is 1. The topological polar surface area (TPSA) is 59.1 Å². The van der Waals surface area contributed by atoms with Crippen molar-refractivity contribution in [1.82, 2.24) is 4.98 Å². The van der Waals surface area contributed by atoms with Gasteiger partial charge in [0.1, 0.15) is 5.82 Å². The van der Waals surface area contributed by atoms with E-state index in [1.165, 1.54) is 0 Å². The van der Waals surface area contributed by atoms with E-state index in [2.05, 4.69) is 16.6 Å².